The van der Waals surface area contributed by atoms with Crippen LogP contribution in [0.2, 0.25) is 0 Å². The van der Waals surface area contributed by atoms with Crippen molar-refractivity contribution in [3.63, 3.8) is 0 Å². The topological polar surface area (TPSA) is 79.3 Å². The number of ether oxygens (including phenoxy) is 1. The van der Waals surface area contributed by atoms with Crippen LogP contribution in [0.1, 0.15) is 17.3 Å². The summed E-state index contributed by atoms with van der Waals surface area (Å²) in [5.74, 6) is -0.717. The van der Waals surface area contributed by atoms with E-state index in [1.165, 1.54) is 18.3 Å². The predicted molar refractivity (Wildman–Crippen MR) is 45.8 cm³/mol. The molecule has 0 unspecified atom stereocenters. The van der Waals surface area contributed by atoms with Gasteiger partial charge >= 0.3 is 5.97 Å². The monoisotopic (exact) mass is 182 g/mol. The van der Waals surface area contributed by atoms with Crippen LogP contribution in [0.5, 0.6) is 0 Å². The van der Waals surface area contributed by atoms with Crippen molar-refractivity contribution < 1.29 is 14.3 Å². The van der Waals surface area contributed by atoms with Gasteiger partial charge in [0.05, 0.1) is 12.8 Å². The summed E-state index contributed by atoms with van der Waals surface area (Å²) in [6.07, 6.45) is 1.22. The van der Waals surface area contributed by atoms with Gasteiger partial charge in [-0.1, -0.05) is 0 Å². The number of nitrogen functional groups attached to an aromatic ring is 1. The molecule has 0 bridgehead atoms. The fourth-order valence-corrected chi connectivity index (χ4v) is 0.883. The SMILES string of the molecule is CCOC(=O)c1ccc[n+]([O-])c1N. The van der Waals surface area contributed by atoms with E-state index in [9.17, 15) is 10.0 Å². The fourth-order valence-electron chi connectivity index (χ4n) is 0.883. The van der Waals surface area contributed by atoms with Crippen LogP contribution in [0.25, 0.3) is 0 Å². The van der Waals surface area contributed by atoms with Crippen molar-refractivity contribution in [2.45, 2.75) is 6.92 Å². The molecule has 0 aromatic carbocycles. The van der Waals surface area contributed by atoms with Gasteiger partial charge in [0.25, 0.3) is 5.82 Å². The molecule has 5 heteroatoms. The van der Waals surface area contributed by atoms with Gasteiger partial charge in [-0.3, -0.25) is 5.73 Å². The molecule has 1 aromatic rings. The molecule has 0 aliphatic carbocycles. The first-order chi connectivity index (χ1) is 6.16. The highest BCUT2D eigenvalue weighted by atomic mass is 16.5. The normalized spacial score (nSPS) is 9.62. The van der Waals surface area contributed by atoms with Gasteiger partial charge in [-0.2, -0.15) is 0 Å². The lowest BCUT2D eigenvalue weighted by atomic mass is 10.2. The molecule has 0 fully saturated rings. The maximum atomic E-state index is 11.2. The Labute approximate surface area is 75.3 Å². The predicted octanol–water partition coefficient (Wildman–Crippen LogP) is 0.0789. The number of rotatable bonds is 2. The first kappa shape index (κ1) is 9.31. The number of hydrogen-bond donors (Lipinski definition) is 1. The highest BCUT2D eigenvalue weighted by Crippen LogP contribution is 2.06. The number of anilines is 1. The van der Waals surface area contributed by atoms with E-state index in [2.05, 4.69) is 0 Å². The average Bonchev–Trinajstić information content (AvgIpc) is 2.10. The van der Waals surface area contributed by atoms with Crippen molar-refractivity contribution in [3.05, 3.63) is 29.1 Å². The highest BCUT2D eigenvalue weighted by Gasteiger charge is 2.15. The molecule has 1 rings (SSSR count). The van der Waals surface area contributed by atoms with Crippen LogP contribution >= 0.6 is 0 Å². The molecule has 1 heterocycles. The summed E-state index contributed by atoms with van der Waals surface area (Å²) in [5.41, 5.74) is 5.46. The first-order valence-electron chi connectivity index (χ1n) is 3.81. The van der Waals surface area contributed by atoms with E-state index in [4.69, 9.17) is 10.5 Å². The minimum absolute atomic E-state index is 0.0966. The van der Waals surface area contributed by atoms with Crippen molar-refractivity contribution in [1.29, 1.82) is 0 Å². The highest BCUT2D eigenvalue weighted by molar-refractivity contribution is 5.93. The molecule has 0 aliphatic heterocycles. The van der Waals surface area contributed by atoms with Crippen LogP contribution in [-0.4, -0.2) is 12.6 Å². The Morgan fingerprint density at radius 2 is 2.46 bits per heavy atom. The van der Waals surface area contributed by atoms with Gasteiger partial charge in [-0.15, -0.1) is 0 Å². The number of nitrogens with zero attached hydrogens (tertiary/aromatic N) is 1. The molecule has 2 N–H and O–H groups in total. The van der Waals surface area contributed by atoms with E-state index >= 15 is 0 Å². The molecule has 13 heavy (non-hydrogen) atoms. The molecular formula is C8H10N2O3. The Morgan fingerprint density at radius 1 is 1.77 bits per heavy atom. The van der Waals surface area contributed by atoms with E-state index in [0.29, 0.717) is 4.73 Å². The van der Waals surface area contributed by atoms with Crippen LogP contribution in [0.4, 0.5) is 5.82 Å². The number of nitrogens with two attached hydrogens (primary N) is 1. The number of carbonyl (C=O) groups excluding carboxylic acids is 1. The first-order valence-corrected chi connectivity index (χ1v) is 3.81. The summed E-state index contributed by atoms with van der Waals surface area (Å²) in [6.45, 7) is 1.94. The van der Waals surface area contributed by atoms with Gasteiger partial charge in [0.15, 0.2) is 0 Å². The lowest BCUT2D eigenvalue weighted by molar-refractivity contribution is -0.590. The third-order valence-electron chi connectivity index (χ3n) is 1.49. The number of pyridine rings is 1. The second kappa shape index (κ2) is 3.75. The minimum Gasteiger partial charge on any atom is -0.711 e. The largest absolute Gasteiger partial charge is 0.711 e. The molecule has 0 spiro atoms. The van der Waals surface area contributed by atoms with E-state index in [1.54, 1.807) is 6.92 Å². The Hall–Kier alpha value is -1.78. The number of carbonyl (C=O) groups is 1. The summed E-state index contributed by atoms with van der Waals surface area (Å²) in [6, 6.07) is 2.89. The smallest absolute Gasteiger partial charge is 0.346 e. The summed E-state index contributed by atoms with van der Waals surface area (Å²) in [4.78, 5) is 11.2. The number of aromatic nitrogens is 1. The zero-order chi connectivity index (χ0) is 9.84. The van der Waals surface area contributed by atoms with E-state index in [1.807, 2.05) is 0 Å². The Balaban J connectivity index is 3.01. The van der Waals surface area contributed by atoms with Crippen LogP contribution in [0, 0.1) is 5.21 Å². The summed E-state index contributed by atoms with van der Waals surface area (Å²) >= 11 is 0. The molecule has 0 aliphatic rings. The second-order valence-corrected chi connectivity index (χ2v) is 2.35. The third kappa shape index (κ3) is 1.87. The number of esters is 1. The van der Waals surface area contributed by atoms with Crippen LogP contribution in [0.15, 0.2) is 18.3 Å². The van der Waals surface area contributed by atoms with Crippen LogP contribution in [0.3, 0.4) is 0 Å². The van der Waals surface area contributed by atoms with E-state index < -0.39 is 5.97 Å². The van der Waals surface area contributed by atoms with Gasteiger partial charge in [-0.05, 0) is 19.1 Å². The molecule has 0 saturated heterocycles. The zero-order valence-electron chi connectivity index (χ0n) is 7.19. The third-order valence-corrected chi connectivity index (χ3v) is 1.49. The Bertz CT molecular complexity index is 325. The van der Waals surface area contributed by atoms with Crippen LogP contribution in [-0.2, 0) is 4.74 Å². The van der Waals surface area contributed by atoms with Crippen molar-refractivity contribution >= 4 is 11.8 Å². The molecule has 0 saturated carbocycles. The van der Waals surface area contributed by atoms with Crippen molar-refractivity contribution in [3.8, 4) is 0 Å². The maximum Gasteiger partial charge on any atom is 0.346 e. The Kier molecular flexibility index (Phi) is 2.69. The van der Waals surface area contributed by atoms with Crippen LogP contribution < -0.4 is 10.5 Å². The fraction of sp³-hybridized carbons (Fsp3) is 0.250. The summed E-state index contributed by atoms with van der Waals surface area (Å²) < 4.78 is 5.12. The molecule has 0 amide bonds. The summed E-state index contributed by atoms with van der Waals surface area (Å²) in [5, 5.41) is 10.9. The lowest BCUT2D eigenvalue weighted by Crippen LogP contribution is -2.32. The molecular weight excluding hydrogens is 172 g/mol. The van der Waals surface area contributed by atoms with Crippen molar-refractivity contribution in [1.82, 2.24) is 0 Å². The molecule has 5 nitrogen and oxygen atoms in total. The van der Waals surface area contributed by atoms with Gasteiger partial charge in [-0.25, -0.2) is 9.52 Å². The van der Waals surface area contributed by atoms with Crippen molar-refractivity contribution in [2.24, 2.45) is 0 Å². The van der Waals surface area contributed by atoms with Gasteiger partial charge in [0.2, 0.25) is 0 Å². The molecule has 1 aromatic heterocycles. The minimum atomic E-state index is -0.579. The lowest BCUT2D eigenvalue weighted by Gasteiger charge is -2.07. The molecule has 0 radical (unpaired) electrons. The van der Waals surface area contributed by atoms with Gasteiger partial charge in [0, 0.05) is 0 Å². The van der Waals surface area contributed by atoms with Gasteiger partial charge < -0.3 is 9.94 Å². The molecule has 70 valence electrons. The maximum absolute atomic E-state index is 11.2. The summed E-state index contributed by atoms with van der Waals surface area (Å²) in [7, 11) is 0. The van der Waals surface area contributed by atoms with E-state index in [0.717, 1.165) is 0 Å². The number of hydrogen-bond acceptors (Lipinski definition) is 4. The second-order valence-electron chi connectivity index (χ2n) is 2.35. The average molecular weight is 182 g/mol. The quantitative estimate of drug-likeness (QED) is 0.399. The standard InChI is InChI=1S/C8H10N2O3/c1-2-13-8(11)6-4-3-5-10(12)7(6)9/h3-5H,2,9H2,1H3. The molecule has 0 atom stereocenters. The van der Waals surface area contributed by atoms with E-state index in [-0.39, 0.29) is 18.0 Å². The van der Waals surface area contributed by atoms with Gasteiger partial charge in [0.1, 0.15) is 5.56 Å². The Morgan fingerprint density at radius 3 is 3.08 bits per heavy atom. The van der Waals surface area contributed by atoms with Crippen molar-refractivity contribution in [2.75, 3.05) is 12.3 Å². The zero-order valence-corrected chi connectivity index (χ0v) is 7.19.